The predicted molar refractivity (Wildman–Crippen MR) is 95.6 cm³/mol. The van der Waals surface area contributed by atoms with Gasteiger partial charge >= 0.3 is 0 Å². The third kappa shape index (κ3) is 2.01. The molecule has 5 atom stereocenters. The summed E-state index contributed by atoms with van der Waals surface area (Å²) in [7, 11) is 0. The molecule has 0 bridgehead atoms. The highest BCUT2D eigenvalue weighted by Crippen LogP contribution is 2.66. The summed E-state index contributed by atoms with van der Waals surface area (Å²) in [5.74, 6) is -0.349. The second kappa shape index (κ2) is 4.83. The zero-order valence-corrected chi connectivity index (χ0v) is 16.0. The van der Waals surface area contributed by atoms with Gasteiger partial charge in [0.25, 0.3) is 0 Å². The molecule has 5 nitrogen and oxygen atoms in total. The number of fused-ring (bicyclic) bond motifs is 3. The summed E-state index contributed by atoms with van der Waals surface area (Å²) in [6.07, 6.45) is 4.99. The number of hydrogen-bond acceptors (Lipinski definition) is 5. The molecule has 1 saturated heterocycles. The van der Waals surface area contributed by atoms with Crippen molar-refractivity contribution < 1.29 is 19.7 Å². The zero-order chi connectivity index (χ0) is 19.1. The van der Waals surface area contributed by atoms with E-state index in [1.807, 2.05) is 6.08 Å². The number of ketones is 1. The third-order valence-corrected chi connectivity index (χ3v) is 7.25. The molecule has 0 aromatic carbocycles. The summed E-state index contributed by atoms with van der Waals surface area (Å²) >= 11 is 0. The van der Waals surface area contributed by atoms with Gasteiger partial charge in [-0.2, -0.15) is 0 Å². The minimum absolute atomic E-state index is 0.00195. The average molecular weight is 349 g/mol. The van der Waals surface area contributed by atoms with E-state index in [2.05, 4.69) is 20.4 Å². The molecule has 0 spiro atoms. The highest BCUT2D eigenvalue weighted by molar-refractivity contribution is 5.93. The molecule has 0 unspecified atom stereocenters. The van der Waals surface area contributed by atoms with Gasteiger partial charge < -0.3 is 20.7 Å². The normalized spacial score (nSPS) is 52.0. The van der Waals surface area contributed by atoms with Crippen LogP contribution in [0.15, 0.2) is 24.3 Å². The smallest absolute Gasteiger partial charge is 0.171 e. The van der Waals surface area contributed by atoms with Gasteiger partial charge in [0.1, 0.15) is 11.3 Å². The van der Waals surface area contributed by atoms with Crippen LogP contribution < -0.4 is 5.73 Å². The van der Waals surface area contributed by atoms with E-state index in [9.17, 15) is 15.0 Å². The van der Waals surface area contributed by atoms with Crippen LogP contribution in [-0.2, 0) is 9.53 Å². The Kier molecular flexibility index (Phi) is 3.62. The first-order valence-corrected chi connectivity index (χ1v) is 9.01. The van der Waals surface area contributed by atoms with Crippen molar-refractivity contribution >= 4 is 5.78 Å². The van der Waals surface area contributed by atoms with Crippen molar-refractivity contribution in [3.05, 3.63) is 24.3 Å². The van der Waals surface area contributed by atoms with Crippen molar-refractivity contribution in [2.45, 2.75) is 82.8 Å². The molecule has 3 rings (SSSR count). The standard InChI is InChI=1S/C20H31NO4/c1-7-16(4)12-14(22)20(24)17(5,25-16)9-8-13-15(2,3)10-11-19(21,23)18(13,20)6/h7-8,23-24H,1,9-12,21H2,2-6H3/t16-,17+,18+,19-,20+/m0/s1. The highest BCUT2D eigenvalue weighted by atomic mass is 16.5. The number of Topliss-reactive ketones (excluding diaryl/α,β-unsaturated/α-hetero) is 1. The molecule has 0 radical (unpaired) electrons. The topological polar surface area (TPSA) is 92.8 Å². The Labute approximate surface area is 149 Å². The fourth-order valence-electron chi connectivity index (χ4n) is 5.56. The van der Waals surface area contributed by atoms with Gasteiger partial charge in [-0.1, -0.05) is 31.6 Å². The Morgan fingerprint density at radius 3 is 2.36 bits per heavy atom. The number of ether oxygens (including phenoxy) is 1. The average Bonchev–Trinajstić information content (AvgIpc) is 2.48. The lowest BCUT2D eigenvalue weighted by molar-refractivity contribution is -0.297. The minimum atomic E-state index is -1.91. The van der Waals surface area contributed by atoms with Gasteiger partial charge in [-0.3, -0.25) is 4.79 Å². The molecule has 140 valence electrons. The number of aliphatic hydroxyl groups is 2. The van der Waals surface area contributed by atoms with E-state index in [-0.39, 0.29) is 17.6 Å². The molecule has 1 heterocycles. The summed E-state index contributed by atoms with van der Waals surface area (Å²) in [4.78, 5) is 13.3. The monoisotopic (exact) mass is 349 g/mol. The predicted octanol–water partition coefficient (Wildman–Crippen LogP) is 2.21. The number of carbonyl (C=O) groups excluding carboxylic acids is 1. The summed E-state index contributed by atoms with van der Waals surface area (Å²) in [6, 6.07) is 0. The van der Waals surface area contributed by atoms with E-state index < -0.39 is 27.9 Å². The number of nitrogens with two attached hydrogens (primary N) is 1. The van der Waals surface area contributed by atoms with Crippen LogP contribution in [0.4, 0.5) is 0 Å². The number of rotatable bonds is 1. The van der Waals surface area contributed by atoms with Gasteiger partial charge in [-0.05, 0) is 45.4 Å². The third-order valence-electron chi connectivity index (χ3n) is 7.25. The Balaban J connectivity index is 2.29. The first kappa shape index (κ1) is 18.8. The van der Waals surface area contributed by atoms with Crippen LogP contribution in [0.25, 0.3) is 0 Å². The lowest BCUT2D eigenvalue weighted by Gasteiger charge is -2.67. The molecule has 2 fully saturated rings. The number of carbonyl (C=O) groups is 1. The van der Waals surface area contributed by atoms with Crippen molar-refractivity contribution in [3.8, 4) is 0 Å². The van der Waals surface area contributed by atoms with E-state index in [0.717, 1.165) is 5.57 Å². The first-order chi connectivity index (χ1) is 11.2. The molecule has 2 aliphatic carbocycles. The largest absolute Gasteiger partial charge is 0.378 e. The quantitative estimate of drug-likeness (QED) is 0.498. The van der Waals surface area contributed by atoms with Crippen LogP contribution in [0.3, 0.4) is 0 Å². The Morgan fingerprint density at radius 1 is 1.20 bits per heavy atom. The van der Waals surface area contributed by atoms with Gasteiger partial charge in [-0.15, -0.1) is 6.58 Å². The SMILES string of the molecule is C=C[C@@]1(C)CC(=O)[C@]2(O)[C@]3(C)C(=CC[C@@]2(C)O1)C(C)(C)CC[C@]3(N)O. The van der Waals surface area contributed by atoms with Crippen molar-refractivity contribution in [1.29, 1.82) is 0 Å². The maximum atomic E-state index is 13.3. The van der Waals surface area contributed by atoms with E-state index in [1.165, 1.54) is 0 Å². The van der Waals surface area contributed by atoms with Crippen molar-refractivity contribution in [2.75, 3.05) is 0 Å². The molecule has 1 aliphatic heterocycles. The van der Waals surface area contributed by atoms with Crippen LogP contribution in [0, 0.1) is 10.8 Å². The van der Waals surface area contributed by atoms with E-state index >= 15 is 0 Å². The summed E-state index contributed by atoms with van der Waals surface area (Å²) in [5.41, 5.74) is -0.0734. The lowest BCUT2D eigenvalue weighted by atomic mass is 9.43. The van der Waals surface area contributed by atoms with E-state index in [1.54, 1.807) is 26.8 Å². The van der Waals surface area contributed by atoms with Gasteiger partial charge in [-0.25, -0.2) is 0 Å². The van der Waals surface area contributed by atoms with Crippen molar-refractivity contribution in [1.82, 2.24) is 0 Å². The number of hydrogen-bond donors (Lipinski definition) is 3. The fraction of sp³-hybridized carbons (Fsp3) is 0.750. The summed E-state index contributed by atoms with van der Waals surface area (Å²) < 4.78 is 6.26. The Bertz CT molecular complexity index is 681. The molecule has 0 aromatic rings. The summed E-state index contributed by atoms with van der Waals surface area (Å²) in [5, 5.41) is 23.0. The molecular formula is C20H31NO4. The zero-order valence-electron chi connectivity index (χ0n) is 16.0. The van der Waals surface area contributed by atoms with Crippen LogP contribution in [0.2, 0.25) is 0 Å². The van der Waals surface area contributed by atoms with Crippen LogP contribution in [0.5, 0.6) is 0 Å². The first-order valence-electron chi connectivity index (χ1n) is 9.01. The molecule has 0 amide bonds. The van der Waals surface area contributed by atoms with E-state index in [0.29, 0.717) is 19.3 Å². The summed E-state index contributed by atoms with van der Waals surface area (Å²) in [6.45, 7) is 13.2. The van der Waals surface area contributed by atoms with E-state index in [4.69, 9.17) is 10.5 Å². The molecule has 5 heteroatoms. The van der Waals surface area contributed by atoms with Gasteiger partial charge in [0, 0.05) is 6.42 Å². The van der Waals surface area contributed by atoms with Gasteiger partial charge in [0.2, 0.25) is 0 Å². The van der Waals surface area contributed by atoms with Crippen LogP contribution in [0.1, 0.15) is 60.3 Å². The molecule has 1 saturated carbocycles. The van der Waals surface area contributed by atoms with Gasteiger partial charge in [0.05, 0.1) is 11.0 Å². The lowest BCUT2D eigenvalue weighted by Crippen LogP contribution is -2.81. The Hall–Kier alpha value is -1.01. The van der Waals surface area contributed by atoms with Crippen molar-refractivity contribution in [2.24, 2.45) is 16.6 Å². The van der Waals surface area contributed by atoms with Crippen LogP contribution >= 0.6 is 0 Å². The van der Waals surface area contributed by atoms with Crippen LogP contribution in [-0.4, -0.2) is 38.5 Å². The second-order valence-corrected chi connectivity index (χ2v) is 9.42. The fourth-order valence-corrected chi connectivity index (χ4v) is 5.56. The minimum Gasteiger partial charge on any atom is -0.378 e. The maximum absolute atomic E-state index is 13.3. The maximum Gasteiger partial charge on any atom is 0.171 e. The molecule has 3 aliphatic rings. The Morgan fingerprint density at radius 2 is 1.80 bits per heavy atom. The molecular weight excluding hydrogens is 318 g/mol. The highest BCUT2D eigenvalue weighted by Gasteiger charge is 2.76. The molecule has 0 aromatic heterocycles. The second-order valence-electron chi connectivity index (χ2n) is 9.42. The van der Waals surface area contributed by atoms with Gasteiger partial charge in [0.15, 0.2) is 11.4 Å². The molecule has 25 heavy (non-hydrogen) atoms. The van der Waals surface area contributed by atoms with Crippen molar-refractivity contribution in [3.63, 3.8) is 0 Å². The molecule has 4 N–H and O–H groups in total.